The van der Waals surface area contributed by atoms with Gasteiger partial charge >= 0.3 is 0 Å². The van der Waals surface area contributed by atoms with Crippen molar-refractivity contribution in [2.45, 2.75) is 13.8 Å². The molecule has 0 radical (unpaired) electrons. The molecule has 2 nitrogen and oxygen atoms in total. The van der Waals surface area contributed by atoms with Gasteiger partial charge in [0, 0.05) is 11.9 Å². The van der Waals surface area contributed by atoms with E-state index in [1.165, 1.54) is 11.1 Å². The zero-order valence-corrected chi connectivity index (χ0v) is 8.99. The molecule has 0 bridgehead atoms. The van der Waals surface area contributed by atoms with Crippen molar-refractivity contribution in [2.24, 2.45) is 0 Å². The zero-order chi connectivity index (χ0) is 10.7. The molecule has 0 saturated heterocycles. The number of nitrogens with one attached hydrogen (secondary N) is 1. The molecule has 0 aliphatic rings. The minimum absolute atomic E-state index is 0.884. The van der Waals surface area contributed by atoms with Crippen LogP contribution in [0.15, 0.2) is 42.6 Å². The van der Waals surface area contributed by atoms with Crippen LogP contribution in [0.25, 0.3) is 0 Å². The van der Waals surface area contributed by atoms with Gasteiger partial charge in [0.15, 0.2) is 0 Å². The molecule has 1 heterocycles. The molecule has 15 heavy (non-hydrogen) atoms. The van der Waals surface area contributed by atoms with Crippen molar-refractivity contribution in [2.75, 3.05) is 5.32 Å². The summed E-state index contributed by atoms with van der Waals surface area (Å²) in [6.45, 7) is 4.19. The number of hydrogen-bond acceptors (Lipinski definition) is 2. The molecule has 0 saturated carbocycles. The summed E-state index contributed by atoms with van der Waals surface area (Å²) >= 11 is 0. The number of para-hydroxylation sites is 1. The molecule has 0 aliphatic carbocycles. The smallest absolute Gasteiger partial charge is 0.130 e. The number of aryl methyl sites for hydroxylation is 2. The first-order chi connectivity index (χ1) is 7.27. The van der Waals surface area contributed by atoms with Crippen molar-refractivity contribution in [1.82, 2.24) is 4.98 Å². The highest BCUT2D eigenvalue weighted by Crippen LogP contribution is 2.22. The highest BCUT2D eigenvalue weighted by Gasteiger charge is 2.01. The van der Waals surface area contributed by atoms with Gasteiger partial charge in [-0.05, 0) is 37.1 Å². The van der Waals surface area contributed by atoms with Crippen LogP contribution in [-0.2, 0) is 0 Å². The van der Waals surface area contributed by atoms with E-state index in [2.05, 4.69) is 42.3 Å². The second kappa shape index (κ2) is 4.13. The summed E-state index contributed by atoms with van der Waals surface area (Å²) in [5, 5.41) is 3.33. The summed E-state index contributed by atoms with van der Waals surface area (Å²) < 4.78 is 0. The van der Waals surface area contributed by atoms with Crippen LogP contribution in [0.5, 0.6) is 0 Å². The number of hydrogen-bond donors (Lipinski definition) is 1. The molecule has 0 spiro atoms. The number of rotatable bonds is 2. The summed E-state index contributed by atoms with van der Waals surface area (Å²) in [5.41, 5.74) is 3.62. The maximum atomic E-state index is 4.25. The predicted molar refractivity (Wildman–Crippen MR) is 63.4 cm³/mol. The first-order valence-electron chi connectivity index (χ1n) is 5.01. The largest absolute Gasteiger partial charge is 0.340 e. The van der Waals surface area contributed by atoms with Crippen LogP contribution in [0.1, 0.15) is 11.1 Å². The fourth-order valence-corrected chi connectivity index (χ4v) is 1.58. The van der Waals surface area contributed by atoms with E-state index in [-0.39, 0.29) is 0 Å². The second-order valence-electron chi connectivity index (χ2n) is 3.61. The minimum Gasteiger partial charge on any atom is -0.340 e. The van der Waals surface area contributed by atoms with Gasteiger partial charge in [-0.1, -0.05) is 24.3 Å². The molecular weight excluding hydrogens is 184 g/mol. The molecule has 1 aromatic heterocycles. The van der Waals surface area contributed by atoms with Gasteiger partial charge in [0.1, 0.15) is 5.82 Å². The van der Waals surface area contributed by atoms with E-state index < -0.39 is 0 Å². The van der Waals surface area contributed by atoms with Crippen LogP contribution in [-0.4, -0.2) is 4.98 Å². The highest BCUT2D eigenvalue weighted by atomic mass is 15.0. The molecular formula is C13H14N2. The van der Waals surface area contributed by atoms with Crippen LogP contribution >= 0.6 is 0 Å². The maximum absolute atomic E-state index is 4.25. The van der Waals surface area contributed by atoms with Crippen molar-refractivity contribution < 1.29 is 0 Å². The summed E-state index contributed by atoms with van der Waals surface area (Å²) in [6.07, 6.45) is 1.79. The lowest BCUT2D eigenvalue weighted by Gasteiger charge is -2.11. The van der Waals surface area contributed by atoms with Crippen LogP contribution in [0.3, 0.4) is 0 Å². The lowest BCUT2D eigenvalue weighted by Crippen LogP contribution is -1.97. The summed E-state index contributed by atoms with van der Waals surface area (Å²) in [4.78, 5) is 4.25. The molecule has 2 rings (SSSR count). The van der Waals surface area contributed by atoms with E-state index >= 15 is 0 Å². The van der Waals surface area contributed by atoms with E-state index in [9.17, 15) is 0 Å². The van der Waals surface area contributed by atoms with Gasteiger partial charge in [0.2, 0.25) is 0 Å². The average Bonchev–Trinajstić information content (AvgIpc) is 2.25. The monoisotopic (exact) mass is 198 g/mol. The van der Waals surface area contributed by atoms with Gasteiger partial charge in [-0.3, -0.25) is 0 Å². The maximum Gasteiger partial charge on any atom is 0.130 e. The molecule has 0 atom stereocenters. The van der Waals surface area contributed by atoms with E-state index in [1.54, 1.807) is 6.20 Å². The van der Waals surface area contributed by atoms with Gasteiger partial charge in [0.05, 0.1) is 0 Å². The molecule has 0 aliphatic heterocycles. The summed E-state index contributed by atoms with van der Waals surface area (Å²) in [5.74, 6) is 0.884. The topological polar surface area (TPSA) is 24.9 Å². The van der Waals surface area contributed by atoms with E-state index in [1.807, 2.05) is 18.2 Å². The SMILES string of the molecule is Cc1cccc(C)c1Nc1ccccn1. The molecule has 0 fully saturated rings. The standard InChI is InChI=1S/C13H14N2/c1-10-6-5-7-11(2)13(10)15-12-8-3-4-9-14-12/h3-9H,1-2H3,(H,14,15). The molecule has 1 aromatic carbocycles. The van der Waals surface area contributed by atoms with Gasteiger partial charge < -0.3 is 5.32 Å². The summed E-state index contributed by atoms with van der Waals surface area (Å²) in [6, 6.07) is 12.1. The van der Waals surface area contributed by atoms with E-state index in [0.717, 1.165) is 11.5 Å². The number of pyridine rings is 1. The number of benzene rings is 1. The van der Waals surface area contributed by atoms with Crippen molar-refractivity contribution in [3.05, 3.63) is 53.7 Å². The Hall–Kier alpha value is -1.83. The van der Waals surface area contributed by atoms with Crippen LogP contribution in [0.2, 0.25) is 0 Å². The van der Waals surface area contributed by atoms with Crippen molar-refractivity contribution in [3.63, 3.8) is 0 Å². The normalized spacial score (nSPS) is 10.0. The Balaban J connectivity index is 2.32. The van der Waals surface area contributed by atoms with Gasteiger partial charge in [-0.25, -0.2) is 4.98 Å². The highest BCUT2D eigenvalue weighted by molar-refractivity contribution is 5.64. The Labute approximate surface area is 90.0 Å². The Bertz CT molecular complexity index is 429. The Morgan fingerprint density at radius 1 is 0.933 bits per heavy atom. The lowest BCUT2D eigenvalue weighted by molar-refractivity contribution is 1.28. The quantitative estimate of drug-likeness (QED) is 0.799. The predicted octanol–water partition coefficient (Wildman–Crippen LogP) is 3.44. The number of aromatic nitrogens is 1. The Morgan fingerprint density at radius 2 is 1.67 bits per heavy atom. The summed E-state index contributed by atoms with van der Waals surface area (Å²) in [7, 11) is 0. The van der Waals surface area contributed by atoms with Gasteiger partial charge in [-0.15, -0.1) is 0 Å². The van der Waals surface area contributed by atoms with Crippen LogP contribution in [0.4, 0.5) is 11.5 Å². The fraction of sp³-hybridized carbons (Fsp3) is 0.154. The molecule has 0 amide bonds. The number of anilines is 2. The van der Waals surface area contributed by atoms with Crippen molar-refractivity contribution in [3.8, 4) is 0 Å². The van der Waals surface area contributed by atoms with E-state index in [4.69, 9.17) is 0 Å². The first kappa shape index (κ1) is 9.71. The minimum atomic E-state index is 0.884. The fourth-order valence-electron chi connectivity index (χ4n) is 1.58. The third-order valence-electron chi connectivity index (χ3n) is 2.40. The van der Waals surface area contributed by atoms with Crippen LogP contribution < -0.4 is 5.32 Å². The Kier molecular flexibility index (Phi) is 2.68. The number of nitrogens with zero attached hydrogens (tertiary/aromatic N) is 1. The molecule has 0 unspecified atom stereocenters. The molecule has 2 heteroatoms. The average molecular weight is 198 g/mol. The van der Waals surface area contributed by atoms with Crippen LogP contribution in [0, 0.1) is 13.8 Å². The lowest BCUT2D eigenvalue weighted by atomic mass is 10.1. The molecule has 1 N–H and O–H groups in total. The van der Waals surface area contributed by atoms with E-state index in [0.29, 0.717) is 0 Å². The second-order valence-corrected chi connectivity index (χ2v) is 3.61. The third-order valence-corrected chi connectivity index (χ3v) is 2.40. The molecule has 2 aromatic rings. The molecule has 76 valence electrons. The van der Waals surface area contributed by atoms with Gasteiger partial charge in [-0.2, -0.15) is 0 Å². The van der Waals surface area contributed by atoms with Gasteiger partial charge in [0.25, 0.3) is 0 Å². The zero-order valence-electron chi connectivity index (χ0n) is 8.99. The van der Waals surface area contributed by atoms with Crippen molar-refractivity contribution in [1.29, 1.82) is 0 Å². The third kappa shape index (κ3) is 2.15. The Morgan fingerprint density at radius 3 is 2.27 bits per heavy atom. The van der Waals surface area contributed by atoms with Crippen molar-refractivity contribution >= 4 is 11.5 Å². The first-order valence-corrected chi connectivity index (χ1v) is 5.01.